The third-order valence-corrected chi connectivity index (χ3v) is 8.48. The summed E-state index contributed by atoms with van der Waals surface area (Å²) in [6, 6.07) is -1.89. The third kappa shape index (κ3) is 23.2. The van der Waals surface area contributed by atoms with E-state index in [1.807, 2.05) is 0 Å². The molecule has 0 aromatic heterocycles. The third-order valence-electron chi connectivity index (χ3n) is 8.48. The first-order valence-corrected chi connectivity index (χ1v) is 14.7. The van der Waals surface area contributed by atoms with Gasteiger partial charge in [-0.3, -0.25) is 4.84 Å². The van der Waals surface area contributed by atoms with Crippen molar-refractivity contribution in [2.24, 2.45) is 5.11 Å². The molecule has 10 unspecified atom stereocenters. The fraction of sp³-hybridized carbons (Fsp3) is 1.00. The first kappa shape index (κ1) is 84.2. The van der Waals surface area contributed by atoms with Crippen LogP contribution in [0.25, 0.3) is 10.4 Å². The SMILES string of the molecule is CC1OC(OC2[C@H](O[C@@H]3C(CO)OC(O[N+](=O)[O-])C(N=[N+]=[N-])[C@H]3O[C@@H]3OC(C)[C@@H](O)[C@@H](O)C3O)OC(CO)[C@H](O)[C@@H]2O)[C@@H](O)C(O)[C@H]1O.[Ac].[Ac].[Ac].[Ac].[Ac].[Ac].[Ac].[Ac].[Ac].[Ac]. The maximum absolute atomic E-state index is 11.3. The summed E-state index contributed by atoms with van der Waals surface area (Å²) in [6.45, 7) is 0.724. The van der Waals surface area contributed by atoms with Crippen LogP contribution in [0.1, 0.15) is 13.8 Å². The quantitative estimate of drug-likeness (QED) is 0.0303. The minimum Gasteiger partial charge on any atom is -0.394 e. The fourth-order valence-electron chi connectivity index (χ4n) is 5.74. The summed E-state index contributed by atoms with van der Waals surface area (Å²) >= 11 is 0. The number of hydrogen-bond donors (Lipinski definition) is 10. The molecule has 58 heavy (non-hydrogen) atoms. The molecule has 0 bridgehead atoms. The molecule has 0 aromatic carbocycles. The Kier molecular flexibility index (Phi) is 61.5. The predicted molar refractivity (Wildman–Crippen MR) is 144 cm³/mol. The molecular weight excluding hydrogens is 2930 g/mol. The van der Waals surface area contributed by atoms with Gasteiger partial charge >= 0.3 is 0 Å². The van der Waals surface area contributed by atoms with Gasteiger partial charge in [-0.1, -0.05) is 5.11 Å². The topological polar surface area (TPSA) is 368 Å². The van der Waals surface area contributed by atoms with Crippen LogP contribution in [-0.2, 0) is 38.0 Å². The van der Waals surface area contributed by atoms with E-state index in [1.54, 1.807) is 0 Å². The van der Waals surface area contributed by atoms with E-state index in [9.17, 15) is 66.7 Å². The van der Waals surface area contributed by atoms with E-state index in [1.165, 1.54) is 13.8 Å². The van der Waals surface area contributed by atoms with Gasteiger partial charge in [-0.15, -0.1) is 10.1 Å². The molecule has 0 aromatic rings. The fourth-order valence-corrected chi connectivity index (χ4v) is 5.74. The van der Waals surface area contributed by atoms with Crippen molar-refractivity contribution in [3.8, 4) is 0 Å². The van der Waals surface area contributed by atoms with E-state index < -0.39 is 141 Å². The number of aliphatic hydroxyl groups is 10. The maximum Gasteiger partial charge on any atom is 0.297 e. The van der Waals surface area contributed by atoms with Crippen LogP contribution >= 0.6 is 0 Å². The van der Waals surface area contributed by atoms with Crippen molar-refractivity contribution < 1.29 is 535 Å². The van der Waals surface area contributed by atoms with Gasteiger partial charge in [0.15, 0.2) is 18.9 Å². The Balaban J connectivity index is -0.000000520. The van der Waals surface area contributed by atoms with Crippen molar-refractivity contribution in [3.05, 3.63) is 20.6 Å². The second kappa shape index (κ2) is 42.4. The molecule has 4 heterocycles. The van der Waals surface area contributed by atoms with Crippen molar-refractivity contribution in [2.75, 3.05) is 13.2 Å². The summed E-state index contributed by atoms with van der Waals surface area (Å²) in [6.07, 6.45) is -33.3. The van der Waals surface area contributed by atoms with Crippen LogP contribution in [0.15, 0.2) is 5.11 Å². The van der Waals surface area contributed by atoms with Gasteiger partial charge in [-0.05, 0) is 19.4 Å². The van der Waals surface area contributed by atoms with Gasteiger partial charge in [-0.25, -0.2) is 0 Å². The average molecular weight is 2970 g/mol. The Labute approximate surface area is 690 Å². The summed E-state index contributed by atoms with van der Waals surface area (Å²) in [5.74, 6) is 0. The standard InChI is InChI=1S/C24H40N4O20.10Ac/c1-5-10(31)13(34)16(37)22(41-5)46-19-9(26-27-25)21(48-28(39)40)44-8(4-30)18(19)45-24-20(15(36)12(33)7(3-29)43-24)47-23-17(38)14(35)11(32)6(2)42-23;;;;;;;;;;/h5-24,29-38H,3-4H2,1-2H3;;;;;;;;;;/t5?,6?,7?,8?,9?,10-,11+,12+,13-,14?,15+,16?,17+,18-,19-,20?,21?,22+,23?,24+;;;;;;;;;;/m1........../s1. The molecule has 10 N–H and O–H groups in total. The van der Waals surface area contributed by atoms with E-state index in [-0.39, 0.29) is 441 Å². The summed E-state index contributed by atoms with van der Waals surface area (Å²) in [7, 11) is 0. The van der Waals surface area contributed by atoms with Crippen LogP contribution in [0, 0.1) is 451 Å². The van der Waals surface area contributed by atoms with Gasteiger partial charge in [0.25, 0.3) is 5.09 Å². The summed E-state index contributed by atoms with van der Waals surface area (Å²) in [5, 5.41) is 117. The average Bonchev–Trinajstić information content (AvgIpc) is 3.05. The first-order valence-electron chi connectivity index (χ1n) is 14.7. The largest absolute Gasteiger partial charge is 0.394 e. The van der Waals surface area contributed by atoms with Crippen molar-refractivity contribution >= 4 is 0 Å². The molecule has 4 rings (SSSR count). The zero-order valence-electron chi connectivity index (χ0n) is 31.1. The minimum absolute atomic E-state index is 0. The van der Waals surface area contributed by atoms with E-state index in [0.717, 1.165) is 0 Å². The molecular formula is C24H40Ac10N4O20. The molecule has 34 heteroatoms. The van der Waals surface area contributed by atoms with Crippen LogP contribution < -0.4 is 0 Å². The van der Waals surface area contributed by atoms with E-state index in [2.05, 4.69) is 14.9 Å². The maximum atomic E-state index is 11.3. The van der Waals surface area contributed by atoms with Crippen molar-refractivity contribution in [2.45, 2.75) is 137 Å². The van der Waals surface area contributed by atoms with Gasteiger partial charge in [-0.2, -0.15) is 0 Å². The number of hydrogen-bond acceptors (Lipinski definition) is 21. The molecule has 0 amide bonds. The molecule has 10 radical (unpaired) electrons. The van der Waals surface area contributed by atoms with Crippen molar-refractivity contribution in [3.63, 3.8) is 0 Å². The Morgan fingerprint density at radius 1 is 0.552 bits per heavy atom. The zero-order chi connectivity index (χ0) is 35.6. The van der Waals surface area contributed by atoms with E-state index >= 15 is 0 Å². The second-order valence-electron chi connectivity index (χ2n) is 11.6. The van der Waals surface area contributed by atoms with Gasteiger partial charge in [0.2, 0.25) is 6.29 Å². The zero-order valence-corrected chi connectivity index (χ0v) is 78.5. The Morgan fingerprint density at radius 2 is 0.948 bits per heavy atom. The van der Waals surface area contributed by atoms with Crippen molar-refractivity contribution in [1.82, 2.24) is 0 Å². The van der Waals surface area contributed by atoms with Crippen LogP contribution in [-0.4, -0.2) is 192 Å². The van der Waals surface area contributed by atoms with Crippen LogP contribution in [0.5, 0.6) is 0 Å². The molecule has 24 nitrogen and oxygen atoms in total. The van der Waals surface area contributed by atoms with Gasteiger partial charge in [0.05, 0.1) is 25.4 Å². The molecule has 4 aliphatic rings. The van der Waals surface area contributed by atoms with Gasteiger partial charge < -0.3 is 84.2 Å². The van der Waals surface area contributed by atoms with Gasteiger partial charge in [0, 0.05) is 446 Å². The molecule has 20 atom stereocenters. The molecule has 4 saturated heterocycles. The number of ether oxygens (including phenoxy) is 7. The molecule has 0 aliphatic carbocycles. The number of azide groups is 1. The molecule has 4 fully saturated rings. The molecule has 0 spiro atoms. The number of nitrogens with zero attached hydrogens (tertiary/aromatic N) is 4. The normalized spacial score (nSPS) is 41.3. The van der Waals surface area contributed by atoms with Crippen LogP contribution in [0.3, 0.4) is 0 Å². The predicted octanol–water partition coefficient (Wildman–Crippen LogP) is -6.16. The van der Waals surface area contributed by atoms with E-state index in [0.29, 0.717) is 0 Å². The van der Waals surface area contributed by atoms with Crippen LogP contribution in [0.2, 0.25) is 0 Å². The first-order chi connectivity index (χ1) is 22.6. The summed E-state index contributed by atoms with van der Waals surface area (Å²) in [5.41, 5.74) is 9.31. The molecule has 4 aliphatic heterocycles. The second-order valence-corrected chi connectivity index (χ2v) is 11.6. The van der Waals surface area contributed by atoms with Crippen molar-refractivity contribution in [1.29, 1.82) is 0 Å². The number of aliphatic hydroxyl groups excluding tert-OH is 10. The number of rotatable bonds is 11. The molecule has 306 valence electrons. The van der Waals surface area contributed by atoms with Crippen LogP contribution in [0.4, 0.5) is 0 Å². The van der Waals surface area contributed by atoms with Gasteiger partial charge in [0.1, 0.15) is 85.4 Å². The van der Waals surface area contributed by atoms with E-state index in [4.69, 9.17) is 33.2 Å². The monoisotopic (exact) mass is 2970 g/mol. The smallest absolute Gasteiger partial charge is 0.297 e. The summed E-state index contributed by atoms with van der Waals surface area (Å²) < 4.78 is 39.5. The minimum atomic E-state index is -2.08. The Hall–Kier alpha value is 12.2. The summed E-state index contributed by atoms with van der Waals surface area (Å²) in [4.78, 5) is 18.4. The Bertz CT molecular complexity index is 1160. The molecule has 0 saturated carbocycles. The Morgan fingerprint density at radius 3 is 1.34 bits per heavy atom.